The number of hydrogen-bond donors (Lipinski definition) is 1. The van der Waals surface area contributed by atoms with Gasteiger partial charge in [-0.05, 0) is 36.8 Å². The number of guanidine groups is 1. The van der Waals surface area contributed by atoms with Crippen molar-refractivity contribution in [3.63, 3.8) is 0 Å². The molecule has 0 saturated carbocycles. The molecule has 0 aliphatic heterocycles. The number of benzene rings is 2. The van der Waals surface area contributed by atoms with Gasteiger partial charge in [-0.2, -0.15) is 0 Å². The Balaban J connectivity index is 2.18. The molecule has 7 heteroatoms. The van der Waals surface area contributed by atoms with Crippen LogP contribution in [0.1, 0.15) is 18.1 Å². The predicted molar refractivity (Wildman–Crippen MR) is 115 cm³/mol. The van der Waals surface area contributed by atoms with E-state index in [1.165, 1.54) is 0 Å². The minimum atomic E-state index is 0.521. The van der Waals surface area contributed by atoms with Gasteiger partial charge in [0.25, 0.3) is 0 Å². The topological polar surface area (TPSA) is 64.6 Å². The molecule has 0 amide bonds. The molecule has 0 fully saturated rings. The third-order valence-electron chi connectivity index (χ3n) is 4.46. The molecule has 0 saturated heterocycles. The van der Waals surface area contributed by atoms with Gasteiger partial charge in [-0.3, -0.25) is 0 Å². The van der Waals surface area contributed by atoms with Gasteiger partial charge >= 0.3 is 0 Å². The van der Waals surface area contributed by atoms with Gasteiger partial charge in [0.15, 0.2) is 17.5 Å². The van der Waals surface area contributed by atoms with Crippen LogP contribution in [0.15, 0.2) is 41.4 Å². The molecule has 0 aliphatic carbocycles. The molecule has 0 aromatic heterocycles. The predicted octanol–water partition coefficient (Wildman–Crippen LogP) is 3.32. The smallest absolute Gasteiger partial charge is 0.194 e. The summed E-state index contributed by atoms with van der Waals surface area (Å²) in [6.07, 6.45) is 0. The molecule has 0 atom stereocenters. The molecule has 1 N–H and O–H groups in total. The number of aliphatic imine (C=N–C) groups is 1. The maximum atomic E-state index is 5.51. The number of ether oxygens (including phenoxy) is 4. The summed E-state index contributed by atoms with van der Waals surface area (Å²) >= 11 is 0. The van der Waals surface area contributed by atoms with Crippen LogP contribution in [-0.4, -0.2) is 52.9 Å². The van der Waals surface area contributed by atoms with Gasteiger partial charge < -0.3 is 29.2 Å². The second kappa shape index (κ2) is 11.0. The highest BCUT2D eigenvalue weighted by atomic mass is 16.5. The average molecular weight is 402 g/mol. The van der Waals surface area contributed by atoms with Crippen LogP contribution in [0.3, 0.4) is 0 Å². The highest BCUT2D eigenvalue weighted by molar-refractivity contribution is 5.79. The number of nitrogens with one attached hydrogen (secondary N) is 1. The standard InChI is InChI=1S/C22H31N3O4/c1-7-23-22(24-14-16-8-11-19(27-4)21(12-16)29-6)25(2)15-17-9-10-18(26-3)13-20(17)28-5/h8-13H,7,14-15H2,1-6H3,(H,23,24). The monoisotopic (exact) mass is 401 g/mol. The molecule has 0 heterocycles. The van der Waals surface area contributed by atoms with Gasteiger partial charge in [0.2, 0.25) is 0 Å². The lowest BCUT2D eigenvalue weighted by Crippen LogP contribution is -2.38. The maximum Gasteiger partial charge on any atom is 0.194 e. The third-order valence-corrected chi connectivity index (χ3v) is 4.46. The number of rotatable bonds is 9. The zero-order chi connectivity index (χ0) is 21.2. The van der Waals surface area contributed by atoms with Crippen molar-refractivity contribution >= 4 is 5.96 Å². The van der Waals surface area contributed by atoms with Crippen LogP contribution >= 0.6 is 0 Å². The van der Waals surface area contributed by atoms with Gasteiger partial charge in [-0.1, -0.05) is 6.07 Å². The van der Waals surface area contributed by atoms with E-state index in [0.29, 0.717) is 24.6 Å². The Labute approximate surface area is 173 Å². The van der Waals surface area contributed by atoms with Crippen LogP contribution in [-0.2, 0) is 13.1 Å². The lowest BCUT2D eigenvalue weighted by Gasteiger charge is -2.23. The summed E-state index contributed by atoms with van der Waals surface area (Å²) in [6, 6.07) is 11.6. The molecule has 0 spiro atoms. The van der Waals surface area contributed by atoms with Gasteiger partial charge in [-0.15, -0.1) is 0 Å². The fraction of sp³-hybridized carbons (Fsp3) is 0.409. The van der Waals surface area contributed by atoms with E-state index < -0.39 is 0 Å². The summed E-state index contributed by atoms with van der Waals surface area (Å²) in [5.41, 5.74) is 2.08. The number of nitrogens with zero attached hydrogens (tertiary/aromatic N) is 2. The highest BCUT2D eigenvalue weighted by Gasteiger charge is 2.12. The quantitative estimate of drug-likeness (QED) is 0.514. The summed E-state index contributed by atoms with van der Waals surface area (Å²) in [6.45, 7) is 3.99. The van der Waals surface area contributed by atoms with Crippen molar-refractivity contribution in [1.82, 2.24) is 10.2 Å². The molecular formula is C22H31N3O4. The highest BCUT2D eigenvalue weighted by Crippen LogP contribution is 2.28. The van der Waals surface area contributed by atoms with E-state index in [2.05, 4.69) is 10.2 Å². The third kappa shape index (κ3) is 5.94. The van der Waals surface area contributed by atoms with E-state index in [4.69, 9.17) is 23.9 Å². The van der Waals surface area contributed by atoms with E-state index in [0.717, 1.165) is 35.1 Å². The average Bonchev–Trinajstić information content (AvgIpc) is 2.76. The van der Waals surface area contributed by atoms with Crippen molar-refractivity contribution in [1.29, 1.82) is 0 Å². The van der Waals surface area contributed by atoms with Crippen molar-refractivity contribution < 1.29 is 18.9 Å². The van der Waals surface area contributed by atoms with Crippen LogP contribution in [0, 0.1) is 0 Å². The molecule has 0 aliphatic rings. The van der Waals surface area contributed by atoms with E-state index in [9.17, 15) is 0 Å². The largest absolute Gasteiger partial charge is 0.497 e. The Morgan fingerprint density at radius 3 is 2.24 bits per heavy atom. The fourth-order valence-corrected chi connectivity index (χ4v) is 2.93. The second-order valence-electron chi connectivity index (χ2n) is 6.39. The maximum absolute atomic E-state index is 5.51. The van der Waals surface area contributed by atoms with Crippen LogP contribution < -0.4 is 24.3 Å². The second-order valence-corrected chi connectivity index (χ2v) is 6.39. The molecule has 0 radical (unpaired) electrons. The SMILES string of the molecule is CCNC(=NCc1ccc(OC)c(OC)c1)N(C)Cc1ccc(OC)cc1OC. The van der Waals surface area contributed by atoms with Gasteiger partial charge in [0.1, 0.15) is 11.5 Å². The summed E-state index contributed by atoms with van der Waals surface area (Å²) < 4.78 is 21.5. The first kappa shape index (κ1) is 22.2. The molecule has 2 aromatic rings. The van der Waals surface area contributed by atoms with Crippen LogP contribution in [0.5, 0.6) is 23.0 Å². The first-order valence-electron chi connectivity index (χ1n) is 9.47. The van der Waals surface area contributed by atoms with E-state index in [1.54, 1.807) is 28.4 Å². The van der Waals surface area contributed by atoms with Gasteiger partial charge in [-0.25, -0.2) is 4.99 Å². The van der Waals surface area contributed by atoms with Crippen LogP contribution in [0.25, 0.3) is 0 Å². The molecule has 158 valence electrons. The first-order chi connectivity index (χ1) is 14.1. The van der Waals surface area contributed by atoms with Crippen molar-refractivity contribution in [2.75, 3.05) is 42.0 Å². The minimum absolute atomic E-state index is 0.521. The fourth-order valence-electron chi connectivity index (χ4n) is 2.93. The Hall–Kier alpha value is -3.09. The number of methoxy groups -OCH3 is 4. The van der Waals surface area contributed by atoms with Crippen LogP contribution in [0.2, 0.25) is 0 Å². The van der Waals surface area contributed by atoms with E-state index >= 15 is 0 Å². The Bertz CT molecular complexity index is 824. The van der Waals surface area contributed by atoms with E-state index in [-0.39, 0.29) is 0 Å². The minimum Gasteiger partial charge on any atom is -0.497 e. The molecule has 29 heavy (non-hydrogen) atoms. The van der Waals surface area contributed by atoms with Gasteiger partial charge in [0, 0.05) is 31.8 Å². The lowest BCUT2D eigenvalue weighted by molar-refractivity contribution is 0.354. The molecule has 2 aromatic carbocycles. The summed E-state index contributed by atoms with van der Waals surface area (Å²) in [5.74, 6) is 3.76. The zero-order valence-electron chi connectivity index (χ0n) is 18.1. The Morgan fingerprint density at radius 1 is 0.897 bits per heavy atom. The van der Waals surface area contributed by atoms with Crippen molar-refractivity contribution in [3.8, 4) is 23.0 Å². The Kier molecular flexibility index (Phi) is 8.45. The van der Waals surface area contributed by atoms with Crippen molar-refractivity contribution in [2.45, 2.75) is 20.0 Å². The summed E-state index contributed by atoms with van der Waals surface area (Å²) in [4.78, 5) is 6.83. The summed E-state index contributed by atoms with van der Waals surface area (Å²) in [5, 5.41) is 3.34. The van der Waals surface area contributed by atoms with Crippen molar-refractivity contribution in [3.05, 3.63) is 47.5 Å². The van der Waals surface area contributed by atoms with E-state index in [1.807, 2.05) is 50.4 Å². The molecule has 0 bridgehead atoms. The molecular weight excluding hydrogens is 370 g/mol. The lowest BCUT2D eigenvalue weighted by atomic mass is 10.2. The molecule has 2 rings (SSSR count). The first-order valence-corrected chi connectivity index (χ1v) is 9.47. The molecule has 0 unspecified atom stereocenters. The zero-order valence-corrected chi connectivity index (χ0v) is 18.1. The molecule has 7 nitrogen and oxygen atoms in total. The van der Waals surface area contributed by atoms with Gasteiger partial charge in [0.05, 0.1) is 35.0 Å². The number of hydrogen-bond acceptors (Lipinski definition) is 5. The normalized spacial score (nSPS) is 11.0. The van der Waals surface area contributed by atoms with Crippen LogP contribution in [0.4, 0.5) is 0 Å². The summed E-state index contributed by atoms with van der Waals surface area (Å²) in [7, 11) is 8.56. The van der Waals surface area contributed by atoms with Crippen molar-refractivity contribution in [2.24, 2.45) is 4.99 Å². The Morgan fingerprint density at radius 2 is 1.62 bits per heavy atom.